The fourth-order valence-electron chi connectivity index (χ4n) is 15.2. The Labute approximate surface area is 583 Å². The first-order chi connectivity index (χ1) is 50.0. The zero-order valence-corrected chi connectivity index (χ0v) is 54.7. The van der Waals surface area contributed by atoms with Gasteiger partial charge in [0.2, 0.25) is 0 Å². The monoisotopic (exact) mass is 1290 g/mol. The molecule has 15 aromatic carbocycles. The van der Waals surface area contributed by atoms with Crippen LogP contribution in [0.4, 0.5) is 0 Å². The van der Waals surface area contributed by atoms with E-state index in [1.165, 1.54) is 0 Å². The average molecular weight is 1290 g/mol. The fourth-order valence-corrected chi connectivity index (χ4v) is 15.2. The Hall–Kier alpha value is -13.8. The second-order valence-electron chi connectivity index (χ2n) is 25.8. The van der Waals surface area contributed by atoms with Gasteiger partial charge in [-0.1, -0.05) is 279 Å². The first-order valence-corrected chi connectivity index (χ1v) is 34.1. The van der Waals surface area contributed by atoms with E-state index < -0.39 is 0 Å². The van der Waals surface area contributed by atoms with Gasteiger partial charge in [0.15, 0.2) is 17.5 Å². The highest BCUT2D eigenvalue weighted by atomic mass is 15.1. The van der Waals surface area contributed by atoms with Gasteiger partial charge in [0.25, 0.3) is 0 Å². The van der Waals surface area contributed by atoms with Crippen LogP contribution in [0.25, 0.3) is 183 Å². The van der Waals surface area contributed by atoms with Crippen molar-refractivity contribution in [3.63, 3.8) is 0 Å². The minimum Gasteiger partial charge on any atom is -0.306 e. The molecule has 4 aromatic heterocycles. The Morgan fingerprint density at radius 2 is 0.416 bits per heavy atom. The number of nitrogens with zero attached hydrogens (tertiary/aromatic N) is 7. The molecule has 7 nitrogen and oxygen atoms in total. The summed E-state index contributed by atoms with van der Waals surface area (Å²) in [6.45, 7) is 0. The molecule has 101 heavy (non-hydrogen) atoms. The van der Waals surface area contributed by atoms with Crippen molar-refractivity contribution in [2.75, 3.05) is 0 Å². The Morgan fingerprint density at radius 3 is 0.663 bits per heavy atom. The molecule has 0 saturated heterocycles. The van der Waals surface area contributed by atoms with E-state index in [9.17, 15) is 5.26 Å². The van der Waals surface area contributed by atoms with Crippen LogP contribution in [0.15, 0.2) is 358 Å². The number of hydrogen-bond acceptors (Lipinski definition) is 4. The Kier molecular flexibility index (Phi) is 14.1. The molecular formula is C94H59N7. The standard InChI is InChI=1S/C94H59N7/c95-60-75-59-82(94-97-92(67-37-21-7-22-38-67)96-93(98-94)68-39-23-8-24-40-68)90(100-85-49-43-71(63-29-13-3-14-30-63)55-78(85)79-56-72(44-50-86(79)100)64-31-15-4-16-32-64)91(101-87-51-45-73(65-33-17-5-18-34-65)57-80(87)81-58-74(46-52-88(81)101)66-35-19-6-20-36-66)89(75)99-83-47-41-69(61-25-9-1-10-26-61)53-76(83)77-54-70(42-48-84(77)99)62-27-11-2-12-28-62/h1-59H. The van der Waals surface area contributed by atoms with Crippen molar-refractivity contribution in [2.45, 2.75) is 0 Å². The molecule has 0 N–H and O–H groups in total. The van der Waals surface area contributed by atoms with Gasteiger partial charge in [-0.15, -0.1) is 0 Å². The Bertz CT molecular complexity index is 6110. The first-order valence-electron chi connectivity index (χ1n) is 34.1. The number of hydrogen-bond donors (Lipinski definition) is 0. The van der Waals surface area contributed by atoms with Crippen LogP contribution in [0.5, 0.6) is 0 Å². The molecule has 0 aliphatic rings. The maximum atomic E-state index is 12.8. The molecule has 0 saturated carbocycles. The molecular weight excluding hydrogens is 1230 g/mol. The molecule has 470 valence electrons. The van der Waals surface area contributed by atoms with Gasteiger partial charge in [0.05, 0.1) is 55.7 Å². The van der Waals surface area contributed by atoms with E-state index in [1.54, 1.807) is 0 Å². The highest BCUT2D eigenvalue weighted by Gasteiger charge is 2.33. The predicted molar refractivity (Wildman–Crippen MR) is 416 cm³/mol. The van der Waals surface area contributed by atoms with Crippen LogP contribution in [0.1, 0.15) is 5.56 Å². The second-order valence-corrected chi connectivity index (χ2v) is 25.8. The minimum absolute atomic E-state index is 0.398. The molecule has 4 heterocycles. The van der Waals surface area contributed by atoms with Crippen molar-refractivity contribution < 1.29 is 0 Å². The fraction of sp³-hybridized carbons (Fsp3) is 0. The number of nitriles is 1. The molecule has 7 heteroatoms. The molecule has 0 spiro atoms. The van der Waals surface area contributed by atoms with Crippen LogP contribution in [0.2, 0.25) is 0 Å². The summed E-state index contributed by atoms with van der Waals surface area (Å²) in [5, 5.41) is 19.0. The third-order valence-corrected chi connectivity index (χ3v) is 19.9. The molecule has 0 bridgehead atoms. The van der Waals surface area contributed by atoms with Gasteiger partial charge in [-0.25, -0.2) is 15.0 Å². The van der Waals surface area contributed by atoms with Gasteiger partial charge < -0.3 is 13.7 Å². The normalized spacial score (nSPS) is 11.6. The minimum atomic E-state index is 0.398. The van der Waals surface area contributed by atoms with E-state index in [2.05, 4.69) is 317 Å². The summed E-state index contributed by atoms with van der Waals surface area (Å²) in [4.78, 5) is 16.6. The summed E-state index contributed by atoms with van der Waals surface area (Å²) in [5.41, 5.74) is 23.7. The largest absolute Gasteiger partial charge is 0.306 e. The number of benzene rings is 15. The Morgan fingerprint density at radius 1 is 0.198 bits per heavy atom. The van der Waals surface area contributed by atoms with Crippen LogP contribution >= 0.6 is 0 Å². The number of fused-ring (bicyclic) bond motifs is 9. The van der Waals surface area contributed by atoms with E-state index in [4.69, 9.17) is 15.0 Å². The van der Waals surface area contributed by atoms with Crippen molar-refractivity contribution in [3.8, 4) is 124 Å². The van der Waals surface area contributed by atoms with Crippen LogP contribution in [-0.2, 0) is 0 Å². The summed E-state index contributed by atoms with van der Waals surface area (Å²) >= 11 is 0. The van der Waals surface area contributed by atoms with Gasteiger partial charge in [0.1, 0.15) is 6.07 Å². The number of aromatic nitrogens is 6. The van der Waals surface area contributed by atoms with Crippen molar-refractivity contribution in [2.24, 2.45) is 0 Å². The van der Waals surface area contributed by atoms with E-state index in [1.807, 2.05) is 60.7 Å². The van der Waals surface area contributed by atoms with Crippen molar-refractivity contribution >= 4 is 65.4 Å². The summed E-state index contributed by atoms with van der Waals surface area (Å²) in [5.74, 6) is 1.39. The van der Waals surface area contributed by atoms with Crippen LogP contribution in [0, 0.1) is 11.3 Å². The molecule has 0 atom stereocenters. The van der Waals surface area contributed by atoms with Gasteiger partial charge in [-0.2, -0.15) is 5.26 Å². The van der Waals surface area contributed by atoms with Crippen LogP contribution in [0.3, 0.4) is 0 Å². The van der Waals surface area contributed by atoms with Gasteiger partial charge in [0, 0.05) is 49.0 Å². The first kappa shape index (κ1) is 58.5. The predicted octanol–water partition coefficient (Wildman–Crippen LogP) is 24.0. The van der Waals surface area contributed by atoms with E-state index in [-0.39, 0.29) is 0 Å². The van der Waals surface area contributed by atoms with Crippen LogP contribution in [-0.4, -0.2) is 28.7 Å². The molecule has 0 aliphatic heterocycles. The Balaban J connectivity index is 1.05. The topological polar surface area (TPSA) is 77.2 Å². The van der Waals surface area contributed by atoms with E-state index >= 15 is 0 Å². The lowest BCUT2D eigenvalue weighted by Crippen LogP contribution is -2.14. The average Bonchev–Trinajstić information content (AvgIpc) is 1.57. The quantitative estimate of drug-likeness (QED) is 0.122. The van der Waals surface area contributed by atoms with Crippen molar-refractivity contribution in [3.05, 3.63) is 363 Å². The lowest BCUT2D eigenvalue weighted by Gasteiger charge is -2.26. The molecule has 0 aliphatic carbocycles. The summed E-state index contributed by atoms with van der Waals surface area (Å²) in [7, 11) is 0. The molecule has 0 radical (unpaired) electrons. The van der Waals surface area contributed by atoms with Crippen molar-refractivity contribution in [1.82, 2.24) is 28.7 Å². The van der Waals surface area contributed by atoms with E-state index in [0.717, 1.165) is 155 Å². The molecule has 0 fully saturated rings. The smallest absolute Gasteiger partial charge is 0.166 e. The SMILES string of the molecule is N#Cc1cc(-c2nc(-c3ccccc3)nc(-c3ccccc3)n2)c(-n2c3ccc(-c4ccccc4)cc3c3cc(-c4ccccc4)ccc32)c(-n2c3ccc(-c4ccccc4)cc3c3cc(-c4ccccc4)ccc32)c1-n1c2ccc(-c3ccccc3)cc2c2cc(-c3ccccc3)ccc21. The lowest BCUT2D eigenvalue weighted by atomic mass is 10.00. The third-order valence-electron chi connectivity index (χ3n) is 19.9. The summed E-state index contributed by atoms with van der Waals surface area (Å²) in [6, 6.07) is 130. The zero-order chi connectivity index (χ0) is 66.9. The van der Waals surface area contributed by atoms with Crippen molar-refractivity contribution in [1.29, 1.82) is 5.26 Å². The molecule has 19 aromatic rings. The molecule has 0 amide bonds. The maximum Gasteiger partial charge on any atom is 0.166 e. The lowest BCUT2D eigenvalue weighted by molar-refractivity contribution is 1.03. The van der Waals surface area contributed by atoms with Gasteiger partial charge in [-0.3, -0.25) is 0 Å². The zero-order valence-electron chi connectivity index (χ0n) is 54.7. The van der Waals surface area contributed by atoms with E-state index in [0.29, 0.717) is 34.3 Å². The van der Waals surface area contributed by atoms with Gasteiger partial charge >= 0.3 is 0 Å². The summed E-state index contributed by atoms with van der Waals surface area (Å²) < 4.78 is 7.26. The van der Waals surface area contributed by atoms with Gasteiger partial charge in [-0.05, 0) is 146 Å². The highest BCUT2D eigenvalue weighted by molar-refractivity contribution is 6.17. The highest BCUT2D eigenvalue weighted by Crippen LogP contribution is 2.50. The maximum absolute atomic E-state index is 12.8. The number of rotatable bonds is 12. The molecule has 0 unspecified atom stereocenters. The second kappa shape index (κ2) is 24.4. The summed E-state index contributed by atoms with van der Waals surface area (Å²) in [6.07, 6.45) is 0. The van der Waals surface area contributed by atoms with Crippen LogP contribution < -0.4 is 0 Å². The molecule has 19 rings (SSSR count). The third kappa shape index (κ3) is 10.1.